The quantitative estimate of drug-likeness (QED) is 0.672. The maximum absolute atomic E-state index is 10.2. The standard InChI is InChI=1S/C7H8O.C6H9O.C2H6.Y/c1-6-4-2-3-5-7(6)8;1-3-5-6(7)4-2;1-2;/h2-5,8H,1H3;2-3,5H2,1H3;1-2H3;/q;-1;;. The van der Waals surface area contributed by atoms with E-state index in [1.807, 2.05) is 45.9 Å². The zero-order chi connectivity index (χ0) is 13.7. The molecule has 1 rings (SSSR count). The van der Waals surface area contributed by atoms with Gasteiger partial charge in [-0.15, -0.1) is 0 Å². The first-order valence-electron chi connectivity index (χ1n) is 5.92. The second-order valence-corrected chi connectivity index (χ2v) is 3.14. The van der Waals surface area contributed by atoms with Crippen LogP contribution in [0.25, 0.3) is 0 Å². The molecule has 0 aromatic heterocycles. The minimum Gasteiger partial charge on any atom is -0.508 e. The molecule has 3 heteroatoms. The first kappa shape index (κ1) is 22.7. The molecule has 99 valence electrons. The first-order valence-corrected chi connectivity index (χ1v) is 5.92. The number of aromatic hydroxyl groups is 1. The van der Waals surface area contributed by atoms with Crippen molar-refractivity contribution in [3.05, 3.63) is 42.5 Å². The number of carbonyl (C=O) groups excluding carboxylic acids is 1. The fourth-order valence-electron chi connectivity index (χ4n) is 0.879. The fourth-order valence-corrected chi connectivity index (χ4v) is 0.879. The van der Waals surface area contributed by atoms with Crippen LogP contribution >= 0.6 is 0 Å². The molecule has 18 heavy (non-hydrogen) atoms. The third-order valence-electron chi connectivity index (χ3n) is 1.79. The van der Waals surface area contributed by atoms with Gasteiger partial charge in [-0.25, -0.2) is 0 Å². The number of phenols is 1. The van der Waals surface area contributed by atoms with Gasteiger partial charge < -0.3 is 16.0 Å². The monoisotopic (exact) mass is 324 g/mol. The van der Waals surface area contributed by atoms with E-state index in [0.717, 1.165) is 12.0 Å². The summed E-state index contributed by atoms with van der Waals surface area (Å²) in [4.78, 5) is 10.2. The number of hydrogen-bond acceptors (Lipinski definition) is 2. The molecule has 1 aromatic rings. The number of ketones is 1. The second-order valence-electron chi connectivity index (χ2n) is 3.14. The van der Waals surface area contributed by atoms with Gasteiger partial charge in [-0.2, -0.15) is 0 Å². The second kappa shape index (κ2) is 16.5. The van der Waals surface area contributed by atoms with E-state index in [9.17, 15) is 4.79 Å². The van der Waals surface area contributed by atoms with Crippen molar-refractivity contribution < 1.29 is 42.6 Å². The number of aryl methyl sites for hydroxylation is 1. The van der Waals surface area contributed by atoms with E-state index in [1.165, 1.54) is 0 Å². The molecule has 2 nitrogen and oxygen atoms in total. The van der Waals surface area contributed by atoms with Crippen molar-refractivity contribution in [1.82, 2.24) is 0 Å². The predicted octanol–water partition coefficient (Wildman–Crippen LogP) is 4.07. The Bertz CT molecular complexity index is 301. The Balaban J connectivity index is -0.000000211. The van der Waals surface area contributed by atoms with Crippen LogP contribution in [0.1, 0.15) is 39.2 Å². The summed E-state index contributed by atoms with van der Waals surface area (Å²) in [5, 5.41) is 8.92. The minimum atomic E-state index is 0. The van der Waals surface area contributed by atoms with E-state index in [2.05, 4.69) is 12.7 Å². The van der Waals surface area contributed by atoms with Crippen LogP contribution < -0.4 is 0 Å². The average Bonchev–Trinajstić information content (AvgIpc) is 2.36. The van der Waals surface area contributed by atoms with Gasteiger partial charge in [0.15, 0.2) is 0 Å². The van der Waals surface area contributed by atoms with Crippen LogP contribution in [0.2, 0.25) is 0 Å². The summed E-state index contributed by atoms with van der Waals surface area (Å²) < 4.78 is 0. The summed E-state index contributed by atoms with van der Waals surface area (Å²) in [5.41, 5.74) is 0.924. The summed E-state index contributed by atoms with van der Waals surface area (Å²) in [7, 11) is 0. The van der Waals surface area contributed by atoms with Gasteiger partial charge in [0.05, 0.1) is 0 Å². The summed E-state index contributed by atoms with van der Waals surface area (Å²) >= 11 is 0. The molecule has 0 bridgehead atoms. The smallest absolute Gasteiger partial charge is 0.118 e. The number of rotatable bonds is 3. The van der Waals surface area contributed by atoms with Gasteiger partial charge >= 0.3 is 0 Å². The Labute approximate surface area is 136 Å². The van der Waals surface area contributed by atoms with Gasteiger partial charge in [0.25, 0.3) is 0 Å². The summed E-state index contributed by atoms with van der Waals surface area (Å²) in [5.74, 6) is 0.384. The maximum atomic E-state index is 10.2. The first-order chi connectivity index (χ1) is 8.11. The molecule has 0 saturated heterocycles. The van der Waals surface area contributed by atoms with Crippen molar-refractivity contribution in [2.24, 2.45) is 0 Å². The molecule has 0 fully saturated rings. The van der Waals surface area contributed by atoms with Crippen LogP contribution in [0.15, 0.2) is 30.8 Å². The van der Waals surface area contributed by atoms with Crippen LogP contribution in [-0.4, -0.2) is 10.9 Å². The number of allylic oxidation sites excluding steroid dienone is 1. The van der Waals surface area contributed by atoms with Crippen LogP contribution in [0.3, 0.4) is 0 Å². The molecule has 0 unspecified atom stereocenters. The molecule has 1 aromatic carbocycles. The Morgan fingerprint density at radius 2 is 1.83 bits per heavy atom. The van der Waals surface area contributed by atoms with Crippen LogP contribution in [0.5, 0.6) is 5.75 Å². The van der Waals surface area contributed by atoms with Crippen molar-refractivity contribution in [2.75, 3.05) is 0 Å². The molecule has 1 radical (unpaired) electrons. The number of hydrogen-bond donors (Lipinski definition) is 1. The van der Waals surface area contributed by atoms with E-state index in [4.69, 9.17) is 5.11 Å². The van der Waals surface area contributed by atoms with Gasteiger partial charge in [0, 0.05) is 32.7 Å². The number of benzene rings is 1. The molecule has 0 aliphatic rings. The topological polar surface area (TPSA) is 37.3 Å². The number of phenolic OH excluding ortho intramolecular Hbond substituents is 1. The number of para-hydroxylation sites is 1. The third-order valence-corrected chi connectivity index (χ3v) is 1.79. The van der Waals surface area contributed by atoms with Crippen molar-refractivity contribution in [3.8, 4) is 5.75 Å². The van der Waals surface area contributed by atoms with Gasteiger partial charge in [0.2, 0.25) is 0 Å². The summed E-state index contributed by atoms with van der Waals surface area (Å²) in [6, 6.07) is 7.25. The van der Waals surface area contributed by atoms with Gasteiger partial charge in [-0.1, -0.05) is 45.4 Å². The molecule has 0 saturated carbocycles. The molecule has 0 heterocycles. The van der Waals surface area contributed by atoms with Crippen molar-refractivity contribution in [3.63, 3.8) is 0 Å². The largest absolute Gasteiger partial charge is 0.508 e. The molecule has 0 aliphatic carbocycles. The van der Waals surface area contributed by atoms with Crippen molar-refractivity contribution >= 4 is 5.78 Å². The summed E-state index contributed by atoms with van der Waals surface area (Å²) in [6.07, 6.45) is 3.75. The van der Waals surface area contributed by atoms with E-state index >= 15 is 0 Å². The van der Waals surface area contributed by atoms with Crippen LogP contribution in [0.4, 0.5) is 0 Å². The molecule has 0 aliphatic heterocycles. The van der Waals surface area contributed by atoms with Crippen LogP contribution in [0, 0.1) is 13.0 Å². The third kappa shape index (κ3) is 13.6. The average molecular weight is 324 g/mol. The van der Waals surface area contributed by atoms with E-state index in [1.54, 1.807) is 6.07 Å². The zero-order valence-electron chi connectivity index (χ0n) is 11.9. The molecule has 0 amide bonds. The molecular formula is C15H23O2Y-. The zero-order valence-corrected chi connectivity index (χ0v) is 14.7. The molecule has 0 spiro atoms. The molecule has 1 N–H and O–H groups in total. The number of Topliss-reactive ketones (excluding diaryl/α,β-unsaturated/α-hetero) is 1. The Morgan fingerprint density at radius 3 is 2.06 bits per heavy atom. The summed E-state index contributed by atoms with van der Waals surface area (Å²) in [6.45, 7) is 11.0. The SMILES string of the molecule is C=[C-]C(=O)CCC.CC.Cc1ccccc1O.[Y]. The fraction of sp³-hybridized carbons (Fsp3) is 0.400. The van der Waals surface area contributed by atoms with Gasteiger partial charge in [-0.05, 0) is 30.8 Å². The van der Waals surface area contributed by atoms with E-state index in [-0.39, 0.29) is 38.5 Å². The van der Waals surface area contributed by atoms with E-state index in [0.29, 0.717) is 12.2 Å². The maximum Gasteiger partial charge on any atom is 0.118 e. The van der Waals surface area contributed by atoms with Gasteiger partial charge in [0.1, 0.15) is 5.75 Å². The Morgan fingerprint density at radius 1 is 1.33 bits per heavy atom. The van der Waals surface area contributed by atoms with Crippen molar-refractivity contribution in [2.45, 2.75) is 40.5 Å². The Hall–Kier alpha value is -0.466. The normalized spacial score (nSPS) is 7.56. The predicted molar refractivity (Wildman–Crippen MR) is 73.0 cm³/mol. The van der Waals surface area contributed by atoms with Crippen LogP contribution in [-0.2, 0) is 37.5 Å². The van der Waals surface area contributed by atoms with Crippen molar-refractivity contribution in [1.29, 1.82) is 0 Å². The molecular weight excluding hydrogens is 301 g/mol. The number of carbonyl (C=O) groups is 1. The van der Waals surface area contributed by atoms with E-state index < -0.39 is 0 Å². The molecule has 0 atom stereocenters. The van der Waals surface area contributed by atoms with Gasteiger partial charge in [-0.3, -0.25) is 6.58 Å². The Kier molecular flexibility index (Phi) is 20.8. The minimum absolute atomic E-state index is 0.